The van der Waals surface area contributed by atoms with Gasteiger partial charge in [0.2, 0.25) is 0 Å². The molecule has 0 aromatic rings. The van der Waals surface area contributed by atoms with Crippen molar-refractivity contribution in [3.05, 3.63) is 0 Å². The molecule has 2 fully saturated rings. The molecular formula is C46H88O14. The zero-order valence-electron chi connectivity index (χ0n) is 37.5. The lowest BCUT2D eigenvalue weighted by Gasteiger charge is -2.42. The Labute approximate surface area is 362 Å². The Hall–Kier alpha value is -1.01. The van der Waals surface area contributed by atoms with Gasteiger partial charge >= 0.3 is 5.97 Å². The van der Waals surface area contributed by atoms with E-state index in [0.29, 0.717) is 6.61 Å². The minimum atomic E-state index is -1.70. The van der Waals surface area contributed by atoms with E-state index in [1.54, 1.807) is 0 Å². The van der Waals surface area contributed by atoms with Gasteiger partial charge in [-0.25, -0.2) is 0 Å². The SMILES string of the molecule is CCCCCCCCCCCCCCCCCCCCC(=O)OC(COCCCCCCCCCC)COC1OC(COC2OC(CO)C(O)C(O)C2O)C(O)C(O)C1O. The van der Waals surface area contributed by atoms with Crippen LogP contribution in [0.1, 0.15) is 187 Å². The summed E-state index contributed by atoms with van der Waals surface area (Å²) in [7, 11) is 0. The molecule has 0 spiro atoms. The Balaban J connectivity index is 1.74. The molecule has 0 aromatic heterocycles. The van der Waals surface area contributed by atoms with Gasteiger partial charge in [-0.2, -0.15) is 0 Å². The van der Waals surface area contributed by atoms with E-state index in [1.807, 2.05) is 0 Å². The second kappa shape index (κ2) is 35.4. The molecule has 0 aliphatic carbocycles. The fourth-order valence-corrected chi connectivity index (χ4v) is 7.87. The van der Waals surface area contributed by atoms with E-state index >= 15 is 0 Å². The fourth-order valence-electron chi connectivity index (χ4n) is 7.87. The number of aliphatic hydroxyl groups is 7. The molecule has 7 N–H and O–H groups in total. The number of esters is 1. The van der Waals surface area contributed by atoms with Crippen molar-refractivity contribution in [3.8, 4) is 0 Å². The minimum Gasteiger partial charge on any atom is -0.457 e. The largest absolute Gasteiger partial charge is 0.457 e. The van der Waals surface area contributed by atoms with Crippen LogP contribution < -0.4 is 0 Å². The third-order valence-electron chi connectivity index (χ3n) is 11.9. The van der Waals surface area contributed by atoms with E-state index in [9.17, 15) is 40.5 Å². The van der Waals surface area contributed by atoms with Crippen LogP contribution in [0.3, 0.4) is 0 Å². The van der Waals surface area contributed by atoms with E-state index in [2.05, 4.69) is 13.8 Å². The Morgan fingerprint density at radius 2 is 0.883 bits per heavy atom. The van der Waals surface area contributed by atoms with Gasteiger partial charge in [0, 0.05) is 13.0 Å². The quantitative estimate of drug-likeness (QED) is 0.0275. The first kappa shape index (κ1) is 55.1. The molecule has 2 aliphatic rings. The molecule has 0 amide bonds. The Bertz CT molecular complexity index is 1010. The summed E-state index contributed by atoms with van der Waals surface area (Å²) in [5.74, 6) is -0.373. The van der Waals surface area contributed by atoms with Crippen molar-refractivity contribution in [1.82, 2.24) is 0 Å². The monoisotopic (exact) mass is 865 g/mol. The van der Waals surface area contributed by atoms with Crippen molar-refractivity contribution in [3.63, 3.8) is 0 Å². The first-order valence-corrected chi connectivity index (χ1v) is 24.1. The molecule has 60 heavy (non-hydrogen) atoms. The molecule has 11 atom stereocenters. The van der Waals surface area contributed by atoms with Crippen LogP contribution in [0.2, 0.25) is 0 Å². The Morgan fingerprint density at radius 3 is 1.35 bits per heavy atom. The van der Waals surface area contributed by atoms with Crippen LogP contribution in [0.4, 0.5) is 0 Å². The van der Waals surface area contributed by atoms with Crippen LogP contribution in [0.5, 0.6) is 0 Å². The lowest BCUT2D eigenvalue weighted by atomic mass is 9.98. The zero-order valence-corrected chi connectivity index (χ0v) is 37.5. The van der Waals surface area contributed by atoms with Crippen LogP contribution in [0, 0.1) is 0 Å². The van der Waals surface area contributed by atoms with Crippen molar-refractivity contribution in [1.29, 1.82) is 0 Å². The van der Waals surface area contributed by atoms with Gasteiger partial charge in [-0.3, -0.25) is 4.79 Å². The van der Waals surface area contributed by atoms with E-state index in [1.165, 1.54) is 122 Å². The number of carbonyl (C=O) groups is 1. The maximum Gasteiger partial charge on any atom is 0.306 e. The van der Waals surface area contributed by atoms with Gasteiger partial charge in [-0.15, -0.1) is 0 Å². The average molecular weight is 865 g/mol. The van der Waals surface area contributed by atoms with Gasteiger partial charge in [0.15, 0.2) is 12.6 Å². The standard InChI is InChI=1S/C46H88O14/c1-3-5-7-9-11-13-14-15-16-17-18-19-20-21-22-23-25-27-29-38(48)58-35(32-55-30-28-26-24-12-10-8-6-4-2)33-56-45-44(54)42(52)40(50)37(60-45)34-57-46-43(53)41(51)39(49)36(31-47)59-46/h35-37,39-47,49-54H,3-34H2,1-2H3. The number of rotatable bonds is 38. The third kappa shape index (κ3) is 23.6. The van der Waals surface area contributed by atoms with Crippen LogP contribution in [0.25, 0.3) is 0 Å². The smallest absolute Gasteiger partial charge is 0.306 e. The van der Waals surface area contributed by atoms with Gasteiger partial charge in [-0.05, 0) is 12.8 Å². The van der Waals surface area contributed by atoms with Crippen molar-refractivity contribution in [2.24, 2.45) is 0 Å². The predicted molar refractivity (Wildman–Crippen MR) is 229 cm³/mol. The molecule has 356 valence electrons. The summed E-state index contributed by atoms with van der Waals surface area (Å²) >= 11 is 0. The molecule has 0 aromatic carbocycles. The Kier molecular flexibility index (Phi) is 32.5. The average Bonchev–Trinajstić information content (AvgIpc) is 3.24. The summed E-state index contributed by atoms with van der Waals surface area (Å²) < 4.78 is 34.1. The summed E-state index contributed by atoms with van der Waals surface area (Å²) in [6.07, 6.45) is 16.1. The molecule has 0 saturated carbocycles. The van der Waals surface area contributed by atoms with Crippen LogP contribution in [-0.4, -0.2) is 142 Å². The normalized spacial score (nSPS) is 27.6. The van der Waals surface area contributed by atoms with E-state index < -0.39 is 80.7 Å². The molecule has 11 unspecified atom stereocenters. The van der Waals surface area contributed by atoms with Crippen molar-refractivity contribution >= 4 is 5.97 Å². The lowest BCUT2D eigenvalue weighted by Crippen LogP contribution is -2.61. The number of aliphatic hydroxyl groups excluding tert-OH is 7. The van der Waals surface area contributed by atoms with E-state index in [0.717, 1.165) is 44.9 Å². The molecular weight excluding hydrogens is 776 g/mol. The van der Waals surface area contributed by atoms with Gasteiger partial charge < -0.3 is 64.2 Å². The summed E-state index contributed by atoms with van der Waals surface area (Å²) in [5, 5.41) is 71.8. The molecule has 2 rings (SSSR count). The highest BCUT2D eigenvalue weighted by Crippen LogP contribution is 2.26. The maximum absolute atomic E-state index is 12.9. The van der Waals surface area contributed by atoms with Crippen LogP contribution in [0.15, 0.2) is 0 Å². The third-order valence-corrected chi connectivity index (χ3v) is 11.9. The van der Waals surface area contributed by atoms with Crippen molar-refractivity contribution in [2.75, 3.05) is 33.0 Å². The summed E-state index contributed by atoms with van der Waals surface area (Å²) in [6, 6.07) is 0. The molecule has 0 radical (unpaired) electrons. The number of hydrogen-bond acceptors (Lipinski definition) is 14. The predicted octanol–water partition coefficient (Wildman–Crippen LogP) is 6.13. The Morgan fingerprint density at radius 1 is 0.483 bits per heavy atom. The summed E-state index contributed by atoms with van der Waals surface area (Å²) in [6.45, 7) is 3.69. The number of unbranched alkanes of at least 4 members (excludes halogenated alkanes) is 24. The topological polar surface area (TPSA) is 214 Å². The lowest BCUT2D eigenvalue weighted by molar-refractivity contribution is -0.332. The van der Waals surface area contributed by atoms with Gasteiger partial charge in [0.05, 0.1) is 26.4 Å². The second-order valence-electron chi connectivity index (χ2n) is 17.3. The maximum atomic E-state index is 12.9. The highest BCUT2D eigenvalue weighted by Gasteiger charge is 2.47. The van der Waals surface area contributed by atoms with Crippen LogP contribution >= 0.6 is 0 Å². The van der Waals surface area contributed by atoms with Gasteiger partial charge in [0.25, 0.3) is 0 Å². The van der Waals surface area contributed by atoms with E-state index in [-0.39, 0.29) is 25.6 Å². The van der Waals surface area contributed by atoms with Crippen LogP contribution in [-0.2, 0) is 33.2 Å². The highest BCUT2D eigenvalue weighted by molar-refractivity contribution is 5.69. The van der Waals surface area contributed by atoms with E-state index in [4.69, 9.17) is 28.4 Å². The summed E-state index contributed by atoms with van der Waals surface area (Å²) in [5.41, 5.74) is 0. The van der Waals surface area contributed by atoms with Gasteiger partial charge in [0.1, 0.15) is 54.9 Å². The first-order valence-electron chi connectivity index (χ1n) is 24.1. The highest BCUT2D eigenvalue weighted by atomic mass is 16.7. The summed E-state index contributed by atoms with van der Waals surface area (Å²) in [4.78, 5) is 12.9. The van der Waals surface area contributed by atoms with Crippen molar-refractivity contribution < 1.29 is 69.0 Å². The second-order valence-corrected chi connectivity index (χ2v) is 17.3. The molecule has 2 heterocycles. The fraction of sp³-hybridized carbons (Fsp3) is 0.978. The number of hydrogen-bond donors (Lipinski definition) is 7. The number of carbonyl (C=O) groups excluding carboxylic acids is 1. The molecule has 2 saturated heterocycles. The zero-order chi connectivity index (χ0) is 43.8. The molecule has 14 nitrogen and oxygen atoms in total. The first-order chi connectivity index (χ1) is 29.1. The molecule has 14 heteroatoms. The van der Waals surface area contributed by atoms with Crippen molar-refractivity contribution in [2.45, 2.75) is 255 Å². The molecule has 0 bridgehead atoms. The number of ether oxygens (including phenoxy) is 6. The molecule has 2 aliphatic heterocycles. The van der Waals surface area contributed by atoms with Gasteiger partial charge in [-0.1, -0.05) is 168 Å². The minimum absolute atomic E-state index is 0.0685.